The van der Waals surface area contributed by atoms with Gasteiger partial charge in [0.1, 0.15) is 17.9 Å². The lowest BCUT2D eigenvalue weighted by Crippen LogP contribution is -2.43. The molecule has 1 aromatic rings. The lowest BCUT2D eigenvalue weighted by atomic mass is 10.1. The summed E-state index contributed by atoms with van der Waals surface area (Å²) in [7, 11) is 3.92. The fourth-order valence-corrected chi connectivity index (χ4v) is 1.20. The van der Waals surface area contributed by atoms with E-state index in [-0.39, 0.29) is 11.1 Å². The molecule has 0 fully saturated rings. The molecular weight excluding hydrogens is 232 g/mol. The molecule has 0 unspecified atom stereocenters. The van der Waals surface area contributed by atoms with Crippen molar-refractivity contribution >= 4 is 5.97 Å². The average Bonchev–Trinajstić information content (AvgIpc) is 2.26. The molecule has 1 rings (SSSR count). The van der Waals surface area contributed by atoms with Crippen LogP contribution in [0, 0.1) is 6.92 Å². The molecule has 0 atom stereocenters. The molecule has 1 N–H and O–H groups in total. The first-order chi connectivity index (χ1) is 8.24. The van der Waals surface area contributed by atoms with E-state index in [0.29, 0.717) is 12.4 Å². The summed E-state index contributed by atoms with van der Waals surface area (Å²) in [5.74, 6) is -0.662. The van der Waals surface area contributed by atoms with Gasteiger partial charge in [-0.1, -0.05) is 0 Å². The molecule has 0 saturated heterocycles. The van der Waals surface area contributed by atoms with Gasteiger partial charge >= 0.3 is 5.97 Å². The maximum absolute atomic E-state index is 11.1. The molecule has 0 aliphatic rings. The molecule has 0 bridgehead atoms. The second kappa shape index (κ2) is 5.35. The standard InChI is InChI=1S/C13H20N2O3/c1-9-6-11(10(7-14-9)12(16)17)18-8-13(2,3)15(4)5/h6-7H,8H2,1-5H3,(H,16,17). The Kier molecular flexibility index (Phi) is 4.29. The van der Waals surface area contributed by atoms with Crippen molar-refractivity contribution in [2.24, 2.45) is 0 Å². The van der Waals surface area contributed by atoms with E-state index >= 15 is 0 Å². The van der Waals surface area contributed by atoms with Crippen LogP contribution >= 0.6 is 0 Å². The van der Waals surface area contributed by atoms with Gasteiger partial charge in [-0.05, 0) is 34.9 Å². The van der Waals surface area contributed by atoms with Crippen LogP contribution < -0.4 is 4.74 Å². The average molecular weight is 252 g/mol. The molecule has 100 valence electrons. The Morgan fingerprint density at radius 1 is 1.50 bits per heavy atom. The van der Waals surface area contributed by atoms with Gasteiger partial charge in [-0.3, -0.25) is 4.98 Å². The summed E-state index contributed by atoms with van der Waals surface area (Å²) in [5.41, 5.74) is 0.653. The van der Waals surface area contributed by atoms with E-state index in [4.69, 9.17) is 9.84 Å². The van der Waals surface area contributed by atoms with E-state index in [0.717, 1.165) is 5.69 Å². The van der Waals surface area contributed by atoms with Crippen molar-refractivity contribution in [3.63, 3.8) is 0 Å². The summed E-state index contributed by atoms with van der Waals surface area (Å²) in [4.78, 5) is 17.1. The van der Waals surface area contributed by atoms with Crippen LogP contribution in [0.1, 0.15) is 29.9 Å². The van der Waals surface area contributed by atoms with E-state index in [1.807, 2.05) is 32.8 Å². The van der Waals surface area contributed by atoms with Gasteiger partial charge < -0.3 is 14.7 Å². The summed E-state index contributed by atoms with van der Waals surface area (Å²) >= 11 is 0. The molecule has 1 aromatic heterocycles. The van der Waals surface area contributed by atoms with Gasteiger partial charge in [0, 0.05) is 23.5 Å². The molecule has 1 heterocycles. The van der Waals surface area contributed by atoms with Crippen molar-refractivity contribution in [3.8, 4) is 5.75 Å². The van der Waals surface area contributed by atoms with Crippen LogP contribution in [-0.2, 0) is 0 Å². The third-order valence-electron chi connectivity index (χ3n) is 3.02. The molecule has 0 saturated carbocycles. The maximum Gasteiger partial charge on any atom is 0.341 e. The van der Waals surface area contributed by atoms with Crippen molar-refractivity contribution in [1.82, 2.24) is 9.88 Å². The number of aromatic nitrogens is 1. The fourth-order valence-electron chi connectivity index (χ4n) is 1.20. The molecule has 5 heteroatoms. The van der Waals surface area contributed by atoms with Crippen molar-refractivity contribution < 1.29 is 14.6 Å². The second-order valence-electron chi connectivity index (χ2n) is 5.12. The molecule has 0 amide bonds. The number of nitrogens with zero attached hydrogens (tertiary/aromatic N) is 2. The highest BCUT2D eigenvalue weighted by Gasteiger charge is 2.22. The van der Waals surface area contributed by atoms with E-state index in [9.17, 15) is 4.79 Å². The molecule has 18 heavy (non-hydrogen) atoms. The monoisotopic (exact) mass is 252 g/mol. The predicted octanol–water partition coefficient (Wildman–Crippen LogP) is 1.81. The first-order valence-electron chi connectivity index (χ1n) is 5.74. The number of carbonyl (C=O) groups is 1. The summed E-state index contributed by atoms with van der Waals surface area (Å²) in [6.45, 7) is 6.27. The third kappa shape index (κ3) is 3.43. The van der Waals surface area contributed by atoms with Gasteiger partial charge in [0.15, 0.2) is 0 Å². The molecule has 0 radical (unpaired) electrons. The van der Waals surface area contributed by atoms with Crippen molar-refractivity contribution in [3.05, 3.63) is 23.5 Å². The van der Waals surface area contributed by atoms with Crippen LogP contribution in [0.15, 0.2) is 12.3 Å². The van der Waals surface area contributed by atoms with Crippen LogP contribution in [0.25, 0.3) is 0 Å². The Hall–Kier alpha value is -1.62. The summed E-state index contributed by atoms with van der Waals surface area (Å²) in [6.07, 6.45) is 1.33. The van der Waals surface area contributed by atoms with Gasteiger partial charge in [-0.2, -0.15) is 0 Å². The number of carboxylic acid groups (broad SMARTS) is 1. The largest absolute Gasteiger partial charge is 0.491 e. The first kappa shape index (κ1) is 14.4. The highest BCUT2D eigenvalue weighted by atomic mass is 16.5. The second-order valence-corrected chi connectivity index (χ2v) is 5.12. The zero-order chi connectivity index (χ0) is 13.9. The van der Waals surface area contributed by atoms with Crippen LogP contribution in [-0.4, -0.2) is 47.2 Å². The molecule has 0 aliphatic carbocycles. The van der Waals surface area contributed by atoms with Crippen molar-refractivity contribution in [2.45, 2.75) is 26.3 Å². The Morgan fingerprint density at radius 2 is 2.11 bits per heavy atom. The van der Waals surface area contributed by atoms with Gasteiger partial charge in [0.05, 0.1) is 0 Å². The summed E-state index contributed by atoms with van der Waals surface area (Å²) in [6, 6.07) is 1.65. The third-order valence-corrected chi connectivity index (χ3v) is 3.02. The number of carboxylic acids is 1. The highest BCUT2D eigenvalue weighted by Crippen LogP contribution is 2.21. The maximum atomic E-state index is 11.1. The number of rotatable bonds is 5. The Balaban J connectivity index is 2.90. The number of aromatic carboxylic acids is 1. The SMILES string of the molecule is Cc1cc(OCC(C)(C)N(C)C)c(C(=O)O)cn1. The number of aryl methyl sites for hydroxylation is 1. The van der Waals surface area contributed by atoms with Crippen molar-refractivity contribution in [1.29, 1.82) is 0 Å². The number of hydrogen-bond donors (Lipinski definition) is 1. The lowest BCUT2D eigenvalue weighted by Gasteiger charge is -2.32. The Bertz CT molecular complexity index is 442. The van der Waals surface area contributed by atoms with E-state index in [1.54, 1.807) is 13.0 Å². The number of ether oxygens (including phenoxy) is 1. The quantitative estimate of drug-likeness (QED) is 0.866. The molecule has 0 aliphatic heterocycles. The van der Waals surface area contributed by atoms with Crippen molar-refractivity contribution in [2.75, 3.05) is 20.7 Å². The number of pyridine rings is 1. The molecular formula is C13H20N2O3. The van der Waals surface area contributed by atoms with Crippen LogP contribution in [0.4, 0.5) is 0 Å². The first-order valence-corrected chi connectivity index (χ1v) is 5.74. The summed E-state index contributed by atoms with van der Waals surface area (Å²) in [5, 5.41) is 9.06. The number of hydrogen-bond acceptors (Lipinski definition) is 4. The minimum absolute atomic E-state index is 0.0927. The van der Waals surface area contributed by atoms with Gasteiger partial charge in [0.2, 0.25) is 0 Å². The smallest absolute Gasteiger partial charge is 0.341 e. The van der Waals surface area contributed by atoms with Crippen LogP contribution in [0.3, 0.4) is 0 Å². The Labute approximate surface area is 107 Å². The summed E-state index contributed by atoms with van der Waals surface area (Å²) < 4.78 is 5.64. The molecule has 0 spiro atoms. The van der Waals surface area contributed by atoms with Gasteiger partial charge in [0.25, 0.3) is 0 Å². The number of likely N-dealkylation sites (N-methyl/N-ethyl adjacent to an activating group) is 1. The zero-order valence-corrected chi connectivity index (χ0v) is 11.5. The topological polar surface area (TPSA) is 62.7 Å². The molecule has 0 aromatic carbocycles. The van der Waals surface area contributed by atoms with E-state index < -0.39 is 5.97 Å². The van der Waals surface area contributed by atoms with Gasteiger partial charge in [-0.25, -0.2) is 4.79 Å². The fraction of sp³-hybridized carbons (Fsp3) is 0.538. The lowest BCUT2D eigenvalue weighted by molar-refractivity contribution is 0.0683. The predicted molar refractivity (Wildman–Crippen MR) is 69.2 cm³/mol. The normalized spacial score (nSPS) is 11.7. The highest BCUT2D eigenvalue weighted by molar-refractivity contribution is 5.90. The minimum Gasteiger partial charge on any atom is -0.491 e. The zero-order valence-electron chi connectivity index (χ0n) is 11.5. The van der Waals surface area contributed by atoms with E-state index in [1.165, 1.54) is 6.20 Å². The minimum atomic E-state index is -1.03. The van der Waals surface area contributed by atoms with Gasteiger partial charge in [-0.15, -0.1) is 0 Å². The van der Waals surface area contributed by atoms with Crippen LogP contribution in [0.2, 0.25) is 0 Å². The molecule has 5 nitrogen and oxygen atoms in total. The van der Waals surface area contributed by atoms with Crippen LogP contribution in [0.5, 0.6) is 5.75 Å². The van der Waals surface area contributed by atoms with E-state index in [2.05, 4.69) is 4.98 Å². The Morgan fingerprint density at radius 3 is 2.61 bits per heavy atom.